The van der Waals surface area contributed by atoms with Crippen molar-refractivity contribution in [2.75, 3.05) is 31.1 Å². The molecule has 1 aromatic heterocycles. The van der Waals surface area contributed by atoms with Crippen molar-refractivity contribution in [3.63, 3.8) is 0 Å². The molecule has 0 atom stereocenters. The maximum Gasteiger partial charge on any atom is 0.254 e. The van der Waals surface area contributed by atoms with Gasteiger partial charge in [-0.1, -0.05) is 54.1 Å². The molecule has 4 aromatic rings. The van der Waals surface area contributed by atoms with Crippen LogP contribution < -0.4 is 4.90 Å². The van der Waals surface area contributed by atoms with Crippen LogP contribution in [-0.2, 0) is 0 Å². The van der Waals surface area contributed by atoms with Gasteiger partial charge in [-0.2, -0.15) is 0 Å². The topological polar surface area (TPSA) is 36.4 Å². The Morgan fingerprint density at radius 1 is 0.875 bits per heavy atom. The second-order valence-electron chi connectivity index (χ2n) is 7.81. The molecule has 160 valence electrons. The molecule has 4 nitrogen and oxygen atoms in total. The molecule has 0 N–H and O–H groups in total. The number of aromatic nitrogens is 1. The Morgan fingerprint density at radius 3 is 2.31 bits per heavy atom. The monoisotopic (exact) mass is 445 g/mol. The fourth-order valence-electron chi connectivity index (χ4n) is 4.15. The van der Waals surface area contributed by atoms with Crippen LogP contribution in [0.5, 0.6) is 0 Å². The molecule has 0 spiro atoms. The summed E-state index contributed by atoms with van der Waals surface area (Å²) in [4.78, 5) is 22.1. The van der Waals surface area contributed by atoms with Crippen molar-refractivity contribution >= 4 is 34.1 Å². The van der Waals surface area contributed by atoms with Crippen molar-refractivity contribution in [3.05, 3.63) is 95.3 Å². The van der Waals surface area contributed by atoms with Crippen LogP contribution in [0.15, 0.2) is 78.9 Å². The van der Waals surface area contributed by atoms with Gasteiger partial charge in [0.1, 0.15) is 5.82 Å². The zero-order chi connectivity index (χ0) is 22.1. The average Bonchev–Trinajstić information content (AvgIpc) is 2.84. The minimum Gasteiger partial charge on any atom is -0.366 e. The van der Waals surface area contributed by atoms with Gasteiger partial charge in [0.05, 0.1) is 22.5 Å². The number of hydrogen-bond donors (Lipinski definition) is 0. The molecule has 6 heteroatoms. The third-order valence-corrected chi connectivity index (χ3v) is 6.10. The van der Waals surface area contributed by atoms with E-state index in [1.165, 1.54) is 6.07 Å². The van der Waals surface area contributed by atoms with Gasteiger partial charge in [-0.25, -0.2) is 9.37 Å². The zero-order valence-electron chi connectivity index (χ0n) is 17.3. The number of carbonyl (C=O) groups is 1. The lowest BCUT2D eigenvalue weighted by atomic mass is 10.0. The molecular weight excluding hydrogens is 425 g/mol. The maximum absolute atomic E-state index is 14.2. The number of carbonyl (C=O) groups excluding carboxylic acids is 1. The van der Waals surface area contributed by atoms with E-state index in [0.717, 1.165) is 22.2 Å². The lowest BCUT2D eigenvalue weighted by molar-refractivity contribution is 0.0748. The number of halogens is 2. The standard InChI is InChI=1S/C26H21ClFN3O/c27-19-11-9-18(10-12-19)24-17-21(20-5-1-3-7-23(20)29-24)26(32)31-15-13-30(14-16-31)25-8-4-2-6-22(25)28/h1-12,17H,13-16H2. The van der Waals surface area contributed by atoms with Crippen molar-refractivity contribution in [1.82, 2.24) is 9.88 Å². The first-order valence-corrected chi connectivity index (χ1v) is 10.9. The molecule has 1 fully saturated rings. The molecule has 3 aromatic carbocycles. The molecule has 32 heavy (non-hydrogen) atoms. The van der Waals surface area contributed by atoms with E-state index >= 15 is 0 Å². The van der Waals surface area contributed by atoms with Gasteiger partial charge < -0.3 is 9.80 Å². The number of nitrogens with zero attached hydrogens (tertiary/aromatic N) is 3. The maximum atomic E-state index is 14.2. The fraction of sp³-hybridized carbons (Fsp3) is 0.154. The second-order valence-corrected chi connectivity index (χ2v) is 8.25. The molecule has 2 heterocycles. The predicted molar refractivity (Wildman–Crippen MR) is 127 cm³/mol. The van der Waals surface area contributed by atoms with E-state index in [0.29, 0.717) is 42.5 Å². The van der Waals surface area contributed by atoms with Crippen LogP contribution in [0.4, 0.5) is 10.1 Å². The van der Waals surface area contributed by atoms with Crippen LogP contribution in [0.25, 0.3) is 22.2 Å². The third kappa shape index (κ3) is 3.92. The van der Waals surface area contributed by atoms with E-state index < -0.39 is 0 Å². The Balaban J connectivity index is 1.44. The number of piperazine rings is 1. The van der Waals surface area contributed by atoms with E-state index in [2.05, 4.69) is 0 Å². The van der Waals surface area contributed by atoms with E-state index in [1.54, 1.807) is 12.1 Å². The highest BCUT2D eigenvalue weighted by atomic mass is 35.5. The van der Waals surface area contributed by atoms with E-state index in [-0.39, 0.29) is 11.7 Å². The highest BCUT2D eigenvalue weighted by Crippen LogP contribution is 2.28. The zero-order valence-corrected chi connectivity index (χ0v) is 18.1. The van der Waals surface area contributed by atoms with E-state index in [4.69, 9.17) is 16.6 Å². The third-order valence-electron chi connectivity index (χ3n) is 5.85. The van der Waals surface area contributed by atoms with E-state index in [9.17, 15) is 9.18 Å². The first-order chi connectivity index (χ1) is 15.6. The Morgan fingerprint density at radius 2 is 1.56 bits per heavy atom. The first kappa shape index (κ1) is 20.5. The molecular formula is C26H21ClFN3O. The molecule has 0 aliphatic carbocycles. The van der Waals surface area contributed by atoms with Gasteiger partial charge in [-0.15, -0.1) is 0 Å². The highest BCUT2D eigenvalue weighted by molar-refractivity contribution is 6.30. The Kier molecular flexibility index (Phi) is 5.50. The van der Waals surface area contributed by atoms with Crippen LogP contribution in [0, 0.1) is 5.82 Å². The number of anilines is 1. The number of rotatable bonds is 3. The number of para-hydroxylation sites is 2. The summed E-state index contributed by atoms with van der Waals surface area (Å²) in [5.41, 5.74) is 3.61. The van der Waals surface area contributed by atoms with Gasteiger partial charge in [0.25, 0.3) is 5.91 Å². The van der Waals surface area contributed by atoms with Crippen LogP contribution >= 0.6 is 11.6 Å². The van der Waals surface area contributed by atoms with Crippen molar-refractivity contribution in [1.29, 1.82) is 0 Å². The highest BCUT2D eigenvalue weighted by Gasteiger charge is 2.25. The van der Waals surface area contributed by atoms with Gasteiger partial charge in [0, 0.05) is 42.2 Å². The summed E-state index contributed by atoms with van der Waals surface area (Å²) in [6.45, 7) is 2.22. The molecule has 1 aliphatic heterocycles. The van der Waals surface area contributed by atoms with Gasteiger partial charge in [0.15, 0.2) is 0 Å². The fourth-order valence-corrected chi connectivity index (χ4v) is 4.28. The average molecular weight is 446 g/mol. The second kappa shape index (κ2) is 8.60. The molecule has 5 rings (SSSR count). The lowest BCUT2D eigenvalue weighted by Crippen LogP contribution is -2.49. The summed E-state index contributed by atoms with van der Waals surface area (Å²) in [7, 11) is 0. The number of fused-ring (bicyclic) bond motifs is 1. The molecule has 0 unspecified atom stereocenters. The largest absolute Gasteiger partial charge is 0.366 e. The van der Waals surface area contributed by atoms with Crippen LogP contribution in [0.3, 0.4) is 0 Å². The van der Waals surface area contributed by atoms with Crippen LogP contribution in [0.1, 0.15) is 10.4 Å². The van der Waals surface area contributed by atoms with Gasteiger partial charge in [-0.05, 0) is 36.4 Å². The smallest absolute Gasteiger partial charge is 0.254 e. The van der Waals surface area contributed by atoms with Gasteiger partial charge in [-0.3, -0.25) is 4.79 Å². The normalized spacial score (nSPS) is 14.1. The lowest BCUT2D eigenvalue weighted by Gasteiger charge is -2.36. The Hall–Kier alpha value is -3.44. The number of amides is 1. The van der Waals surface area contributed by atoms with Crippen molar-refractivity contribution in [2.45, 2.75) is 0 Å². The molecule has 0 bridgehead atoms. The summed E-state index contributed by atoms with van der Waals surface area (Å²) in [6, 6.07) is 23.7. The summed E-state index contributed by atoms with van der Waals surface area (Å²) >= 11 is 6.03. The Labute approximate surface area is 190 Å². The van der Waals surface area contributed by atoms with Crippen molar-refractivity contribution in [3.8, 4) is 11.3 Å². The minimum atomic E-state index is -0.236. The summed E-state index contributed by atoms with van der Waals surface area (Å²) < 4.78 is 14.2. The van der Waals surface area contributed by atoms with E-state index in [1.807, 2.05) is 70.5 Å². The molecule has 1 aliphatic rings. The van der Waals surface area contributed by atoms with Gasteiger partial charge in [0.2, 0.25) is 0 Å². The summed E-state index contributed by atoms with van der Waals surface area (Å²) in [5, 5.41) is 1.48. The predicted octanol–water partition coefficient (Wildman–Crippen LogP) is 5.66. The van der Waals surface area contributed by atoms with Crippen LogP contribution in [0.2, 0.25) is 5.02 Å². The van der Waals surface area contributed by atoms with Gasteiger partial charge >= 0.3 is 0 Å². The molecule has 1 saturated heterocycles. The summed E-state index contributed by atoms with van der Waals surface area (Å²) in [6.07, 6.45) is 0. The number of benzene rings is 3. The first-order valence-electron chi connectivity index (χ1n) is 10.5. The Bertz CT molecular complexity index is 1280. The van der Waals surface area contributed by atoms with Crippen molar-refractivity contribution < 1.29 is 9.18 Å². The quantitative estimate of drug-likeness (QED) is 0.408. The summed E-state index contributed by atoms with van der Waals surface area (Å²) in [5.74, 6) is -0.271. The van der Waals surface area contributed by atoms with Crippen molar-refractivity contribution in [2.24, 2.45) is 0 Å². The number of hydrogen-bond acceptors (Lipinski definition) is 3. The number of pyridine rings is 1. The van der Waals surface area contributed by atoms with Crippen LogP contribution in [-0.4, -0.2) is 42.0 Å². The minimum absolute atomic E-state index is 0.0352. The molecule has 0 radical (unpaired) electrons. The molecule has 0 saturated carbocycles. The SMILES string of the molecule is O=C(c1cc(-c2ccc(Cl)cc2)nc2ccccc12)N1CCN(c2ccccc2F)CC1. The molecule has 1 amide bonds.